The summed E-state index contributed by atoms with van der Waals surface area (Å²) in [5, 5.41) is 9.82. The quantitative estimate of drug-likeness (QED) is 0.373. The Kier molecular flexibility index (Phi) is 7.16. The van der Waals surface area contributed by atoms with Gasteiger partial charge in [-0.25, -0.2) is 4.39 Å². The van der Waals surface area contributed by atoms with Crippen molar-refractivity contribution in [1.82, 2.24) is 9.88 Å². The van der Waals surface area contributed by atoms with Gasteiger partial charge in [0.25, 0.3) is 0 Å². The van der Waals surface area contributed by atoms with Crippen molar-refractivity contribution in [2.45, 2.75) is 78.8 Å². The van der Waals surface area contributed by atoms with Crippen LogP contribution < -0.4 is 4.90 Å². The fraction of sp³-hybridized carbons (Fsp3) is 0.471. The van der Waals surface area contributed by atoms with Crippen molar-refractivity contribution < 1.29 is 14.3 Å². The van der Waals surface area contributed by atoms with Crippen LogP contribution in [0.4, 0.5) is 10.1 Å². The number of hydrogen-bond donors (Lipinski definition) is 1. The van der Waals surface area contributed by atoms with Gasteiger partial charge in [-0.2, -0.15) is 0 Å². The summed E-state index contributed by atoms with van der Waals surface area (Å²) < 4.78 is 13.6. The fourth-order valence-electron chi connectivity index (χ4n) is 7.29. The lowest BCUT2D eigenvalue weighted by molar-refractivity contribution is -0.136. The van der Waals surface area contributed by atoms with E-state index >= 15 is 0 Å². The molecule has 1 saturated carbocycles. The molecule has 1 saturated heterocycles. The Morgan fingerprint density at radius 3 is 2.42 bits per heavy atom. The van der Waals surface area contributed by atoms with E-state index in [0.717, 1.165) is 78.5 Å². The molecule has 0 bridgehead atoms. The first-order chi connectivity index (χ1) is 19.2. The van der Waals surface area contributed by atoms with Crippen LogP contribution in [0.5, 0.6) is 0 Å². The van der Waals surface area contributed by atoms with Crippen LogP contribution in [0.3, 0.4) is 0 Å². The van der Waals surface area contributed by atoms with Gasteiger partial charge in [0.1, 0.15) is 5.82 Å². The minimum atomic E-state index is -0.810. The molecule has 0 radical (unpaired) electrons. The van der Waals surface area contributed by atoms with Gasteiger partial charge in [0, 0.05) is 55.2 Å². The number of nitrogens with zero attached hydrogens (tertiary/aromatic N) is 3. The SMILES string of the molecule is Cc1cc(F)ccc1CN1CCc2cc(-c3c(C)nc(C)c(CC(=O)O)c3N3CCC4(CCC4)CC3)ccc2C1. The van der Waals surface area contributed by atoms with Gasteiger partial charge >= 0.3 is 5.97 Å². The van der Waals surface area contributed by atoms with Crippen LogP contribution in [0, 0.1) is 32.0 Å². The maximum Gasteiger partial charge on any atom is 0.307 e. The maximum atomic E-state index is 13.6. The molecule has 2 aromatic carbocycles. The molecule has 2 aliphatic heterocycles. The van der Waals surface area contributed by atoms with Crippen molar-refractivity contribution in [1.29, 1.82) is 0 Å². The number of piperidine rings is 1. The molecule has 6 heteroatoms. The average Bonchev–Trinajstić information content (AvgIpc) is 2.90. The lowest BCUT2D eigenvalue weighted by Gasteiger charge is -2.49. The largest absolute Gasteiger partial charge is 0.481 e. The number of aromatic nitrogens is 1. The Balaban J connectivity index is 1.32. The van der Waals surface area contributed by atoms with Crippen LogP contribution in [-0.2, 0) is 30.7 Å². The zero-order valence-electron chi connectivity index (χ0n) is 24.0. The topological polar surface area (TPSA) is 56.7 Å². The van der Waals surface area contributed by atoms with Gasteiger partial charge in [-0.15, -0.1) is 0 Å². The third-order valence-electron chi connectivity index (χ3n) is 9.82. The van der Waals surface area contributed by atoms with E-state index in [4.69, 9.17) is 4.98 Å². The highest BCUT2D eigenvalue weighted by atomic mass is 19.1. The molecule has 1 N–H and O–H groups in total. The van der Waals surface area contributed by atoms with Crippen LogP contribution in [-0.4, -0.2) is 40.6 Å². The molecule has 1 aliphatic carbocycles. The second-order valence-electron chi connectivity index (χ2n) is 12.4. The van der Waals surface area contributed by atoms with Crippen LogP contribution in [0.25, 0.3) is 11.1 Å². The zero-order valence-corrected chi connectivity index (χ0v) is 24.0. The molecule has 1 spiro atoms. The number of benzene rings is 2. The van der Waals surface area contributed by atoms with Crippen molar-refractivity contribution >= 4 is 11.7 Å². The van der Waals surface area contributed by atoms with Gasteiger partial charge in [-0.05, 0) is 98.2 Å². The Hall–Kier alpha value is -3.25. The van der Waals surface area contributed by atoms with Crippen LogP contribution in [0.15, 0.2) is 36.4 Å². The molecule has 3 aliphatic rings. The van der Waals surface area contributed by atoms with Gasteiger partial charge < -0.3 is 10.0 Å². The first-order valence-electron chi connectivity index (χ1n) is 14.8. The summed E-state index contributed by atoms with van der Waals surface area (Å²) in [7, 11) is 0. The highest BCUT2D eigenvalue weighted by Crippen LogP contribution is 2.50. The minimum absolute atomic E-state index is 0.00814. The van der Waals surface area contributed by atoms with Crippen molar-refractivity contribution in [3.63, 3.8) is 0 Å². The predicted molar refractivity (Wildman–Crippen MR) is 157 cm³/mol. The van der Waals surface area contributed by atoms with E-state index in [1.165, 1.54) is 48.8 Å². The van der Waals surface area contributed by atoms with E-state index in [1.54, 1.807) is 12.1 Å². The maximum absolute atomic E-state index is 13.6. The van der Waals surface area contributed by atoms with E-state index in [-0.39, 0.29) is 12.2 Å². The summed E-state index contributed by atoms with van der Waals surface area (Å²) in [6.45, 7) is 10.6. The molecule has 3 aromatic rings. The minimum Gasteiger partial charge on any atom is -0.481 e. The molecule has 6 rings (SSSR count). The Bertz CT molecular complexity index is 1450. The summed E-state index contributed by atoms with van der Waals surface area (Å²) in [6, 6.07) is 11.8. The number of pyridine rings is 1. The number of anilines is 1. The molecule has 3 heterocycles. The number of fused-ring (bicyclic) bond motifs is 1. The molecule has 5 nitrogen and oxygen atoms in total. The monoisotopic (exact) mass is 541 g/mol. The Morgan fingerprint density at radius 2 is 1.75 bits per heavy atom. The second-order valence-corrected chi connectivity index (χ2v) is 12.4. The lowest BCUT2D eigenvalue weighted by atomic mass is 9.63. The molecule has 210 valence electrons. The average molecular weight is 542 g/mol. The van der Waals surface area contributed by atoms with Gasteiger partial charge in [0.15, 0.2) is 0 Å². The molecular formula is C34H40FN3O2. The third-order valence-corrected chi connectivity index (χ3v) is 9.82. The van der Waals surface area contributed by atoms with Crippen LogP contribution in [0.1, 0.15) is 71.3 Å². The number of carboxylic acid groups (broad SMARTS) is 1. The number of rotatable bonds is 6. The van der Waals surface area contributed by atoms with E-state index < -0.39 is 5.97 Å². The standard InChI is InChI=1S/C34H40FN3O2/c1-22-17-29(35)8-7-27(22)20-37-14-9-25-18-26(5-6-28(25)21-37)32-24(3)36-23(2)30(19-31(39)40)33(32)38-15-12-34(13-16-38)10-4-11-34/h5-8,17-18H,4,9-16,19-21H2,1-3H3,(H,39,40). The number of carboxylic acids is 1. The van der Waals surface area contributed by atoms with Gasteiger partial charge in [-0.3, -0.25) is 14.7 Å². The molecule has 0 atom stereocenters. The van der Waals surface area contributed by atoms with Gasteiger partial charge in [0.05, 0.1) is 12.1 Å². The second kappa shape index (κ2) is 10.6. The summed E-state index contributed by atoms with van der Waals surface area (Å²) in [5.74, 6) is -0.994. The molecule has 40 heavy (non-hydrogen) atoms. The van der Waals surface area contributed by atoms with Crippen LogP contribution >= 0.6 is 0 Å². The zero-order chi connectivity index (χ0) is 28.0. The summed E-state index contributed by atoms with van der Waals surface area (Å²) in [6.07, 6.45) is 7.34. The number of aliphatic carboxylic acids is 1. The van der Waals surface area contributed by atoms with Crippen molar-refractivity contribution in [2.75, 3.05) is 24.5 Å². The van der Waals surface area contributed by atoms with E-state index in [0.29, 0.717) is 5.41 Å². The Labute approximate surface area is 237 Å². The normalized spacial score (nSPS) is 18.4. The van der Waals surface area contributed by atoms with E-state index in [1.807, 2.05) is 19.9 Å². The number of aryl methyl sites for hydroxylation is 3. The molecular weight excluding hydrogens is 501 g/mol. The molecule has 1 aromatic heterocycles. The number of halogens is 1. The van der Waals surface area contributed by atoms with Crippen molar-refractivity contribution in [3.05, 3.63) is 81.4 Å². The van der Waals surface area contributed by atoms with Crippen molar-refractivity contribution in [2.24, 2.45) is 5.41 Å². The van der Waals surface area contributed by atoms with Gasteiger partial charge in [0.2, 0.25) is 0 Å². The lowest BCUT2D eigenvalue weighted by Crippen LogP contribution is -2.44. The van der Waals surface area contributed by atoms with E-state index in [2.05, 4.69) is 34.9 Å². The van der Waals surface area contributed by atoms with Gasteiger partial charge in [-0.1, -0.05) is 30.7 Å². The summed E-state index contributed by atoms with van der Waals surface area (Å²) in [5.41, 5.74) is 11.3. The predicted octanol–water partition coefficient (Wildman–Crippen LogP) is 6.77. The van der Waals surface area contributed by atoms with Crippen LogP contribution in [0.2, 0.25) is 0 Å². The molecule has 2 fully saturated rings. The third kappa shape index (κ3) is 5.14. The number of hydrogen-bond acceptors (Lipinski definition) is 4. The highest BCUT2D eigenvalue weighted by molar-refractivity contribution is 5.86. The molecule has 0 amide bonds. The smallest absolute Gasteiger partial charge is 0.307 e. The first kappa shape index (κ1) is 26.9. The highest BCUT2D eigenvalue weighted by Gasteiger charge is 2.40. The first-order valence-corrected chi connectivity index (χ1v) is 14.8. The van der Waals surface area contributed by atoms with E-state index in [9.17, 15) is 14.3 Å². The summed E-state index contributed by atoms with van der Waals surface area (Å²) in [4.78, 5) is 21.7. The fourth-order valence-corrected chi connectivity index (χ4v) is 7.29. The summed E-state index contributed by atoms with van der Waals surface area (Å²) >= 11 is 0. The molecule has 0 unspecified atom stereocenters. The number of carbonyl (C=O) groups is 1. The van der Waals surface area contributed by atoms with Crippen molar-refractivity contribution in [3.8, 4) is 11.1 Å². The Morgan fingerprint density at radius 1 is 0.975 bits per heavy atom.